The SMILES string of the molecule is CCCCOC1[C@H](OCCCC)C(O)OC(COCCc2ccc(CCN=[N+]=[N-])cc2)[C@@H]1OCCCC. The van der Waals surface area contributed by atoms with E-state index < -0.39 is 24.6 Å². The summed E-state index contributed by atoms with van der Waals surface area (Å²) in [5.74, 6) is 0. The number of aliphatic hydroxyl groups is 1. The molecule has 9 heteroatoms. The van der Waals surface area contributed by atoms with Gasteiger partial charge in [0.1, 0.15) is 24.4 Å². The number of hydrogen-bond donors (Lipinski definition) is 1. The molecule has 0 amide bonds. The number of azide groups is 1. The van der Waals surface area contributed by atoms with Crippen LogP contribution in [0.3, 0.4) is 0 Å². The molecular formula is C28H47N3O6. The van der Waals surface area contributed by atoms with E-state index in [0.29, 0.717) is 39.6 Å². The maximum Gasteiger partial charge on any atom is 0.184 e. The summed E-state index contributed by atoms with van der Waals surface area (Å²) in [7, 11) is 0. The van der Waals surface area contributed by atoms with Crippen molar-refractivity contribution in [1.29, 1.82) is 0 Å². The molecule has 0 spiro atoms. The zero-order valence-electron chi connectivity index (χ0n) is 22.9. The summed E-state index contributed by atoms with van der Waals surface area (Å²) in [6.07, 6.45) is 4.39. The second-order valence-corrected chi connectivity index (χ2v) is 9.48. The fourth-order valence-corrected chi connectivity index (χ4v) is 4.18. The van der Waals surface area contributed by atoms with Gasteiger partial charge in [0, 0.05) is 31.3 Å². The van der Waals surface area contributed by atoms with Crippen molar-refractivity contribution in [3.8, 4) is 0 Å². The number of ether oxygens (including phenoxy) is 5. The number of aliphatic hydroxyl groups excluding tert-OH is 1. The topological polar surface area (TPSA) is 115 Å². The molecule has 1 heterocycles. The minimum Gasteiger partial charge on any atom is -0.378 e. The Morgan fingerprint density at radius 3 is 1.92 bits per heavy atom. The molecule has 1 aliphatic rings. The van der Waals surface area contributed by atoms with Crippen LogP contribution in [0.4, 0.5) is 0 Å². The van der Waals surface area contributed by atoms with Crippen LogP contribution in [0, 0.1) is 0 Å². The number of hydrogen-bond acceptors (Lipinski definition) is 7. The Morgan fingerprint density at radius 1 is 0.811 bits per heavy atom. The summed E-state index contributed by atoms with van der Waals surface area (Å²) < 4.78 is 30.6. The first-order valence-corrected chi connectivity index (χ1v) is 14.0. The zero-order chi connectivity index (χ0) is 26.7. The highest BCUT2D eigenvalue weighted by Crippen LogP contribution is 2.28. The smallest absolute Gasteiger partial charge is 0.184 e. The van der Waals surface area contributed by atoms with E-state index in [1.54, 1.807) is 0 Å². The van der Waals surface area contributed by atoms with Gasteiger partial charge >= 0.3 is 0 Å². The zero-order valence-corrected chi connectivity index (χ0v) is 22.9. The average Bonchev–Trinajstić information content (AvgIpc) is 2.90. The standard InChI is InChI=1S/C28H47N3O6/c1-4-7-17-34-25-24(21-33-20-15-23-12-10-22(11-13-23)14-16-30-31-29)37-28(32)27(36-19-9-6-3)26(25)35-18-8-5-2/h10-13,24-28,32H,4-9,14-21H2,1-3H3/t24?,25-,26?,27-,28?/m0/s1. The minimum absolute atomic E-state index is 0.299. The summed E-state index contributed by atoms with van der Waals surface area (Å²) in [5, 5.41) is 14.4. The third kappa shape index (κ3) is 11.7. The van der Waals surface area contributed by atoms with Crippen molar-refractivity contribution in [2.24, 2.45) is 5.11 Å². The van der Waals surface area contributed by atoms with Crippen LogP contribution in [0.15, 0.2) is 29.4 Å². The van der Waals surface area contributed by atoms with Crippen LogP contribution in [0.2, 0.25) is 0 Å². The highest BCUT2D eigenvalue weighted by Gasteiger charge is 2.47. The molecule has 1 aliphatic heterocycles. The lowest BCUT2D eigenvalue weighted by molar-refractivity contribution is -0.312. The molecule has 1 N–H and O–H groups in total. The predicted molar refractivity (Wildman–Crippen MR) is 144 cm³/mol. The van der Waals surface area contributed by atoms with E-state index in [4.69, 9.17) is 29.2 Å². The molecule has 9 nitrogen and oxygen atoms in total. The second-order valence-electron chi connectivity index (χ2n) is 9.48. The van der Waals surface area contributed by atoms with Gasteiger partial charge in [0.05, 0.1) is 13.2 Å². The van der Waals surface area contributed by atoms with E-state index in [9.17, 15) is 5.11 Å². The van der Waals surface area contributed by atoms with Crippen molar-refractivity contribution in [2.45, 2.75) is 103 Å². The van der Waals surface area contributed by atoms with Gasteiger partial charge in [-0.15, -0.1) is 0 Å². The van der Waals surface area contributed by atoms with Crippen molar-refractivity contribution in [2.75, 3.05) is 39.6 Å². The first kappa shape index (κ1) is 31.5. The third-order valence-electron chi connectivity index (χ3n) is 6.44. The Morgan fingerprint density at radius 2 is 1.35 bits per heavy atom. The van der Waals surface area contributed by atoms with E-state index in [2.05, 4.69) is 55.1 Å². The summed E-state index contributed by atoms with van der Waals surface area (Å²) in [5.41, 5.74) is 10.7. The van der Waals surface area contributed by atoms with Crippen LogP contribution in [0.1, 0.15) is 70.4 Å². The number of nitrogens with zero attached hydrogens (tertiary/aromatic N) is 3. The second kappa shape index (κ2) is 19.4. The van der Waals surface area contributed by atoms with Gasteiger partial charge in [-0.3, -0.25) is 0 Å². The van der Waals surface area contributed by atoms with Gasteiger partial charge in [-0.25, -0.2) is 0 Å². The monoisotopic (exact) mass is 521 g/mol. The Bertz CT molecular complexity index is 759. The molecule has 1 saturated heterocycles. The highest BCUT2D eigenvalue weighted by molar-refractivity contribution is 5.23. The average molecular weight is 522 g/mol. The van der Waals surface area contributed by atoms with Crippen molar-refractivity contribution in [3.63, 3.8) is 0 Å². The van der Waals surface area contributed by atoms with Crippen molar-refractivity contribution >= 4 is 0 Å². The lowest BCUT2D eigenvalue weighted by Gasteiger charge is -2.44. The molecule has 3 unspecified atom stereocenters. The van der Waals surface area contributed by atoms with E-state index in [1.807, 2.05) is 0 Å². The predicted octanol–water partition coefficient (Wildman–Crippen LogP) is 5.37. The largest absolute Gasteiger partial charge is 0.378 e. The Labute approximate surface area is 222 Å². The van der Waals surface area contributed by atoms with Gasteiger partial charge in [-0.1, -0.05) is 69.4 Å². The fraction of sp³-hybridized carbons (Fsp3) is 0.786. The molecule has 5 atom stereocenters. The first-order chi connectivity index (χ1) is 18.1. The van der Waals surface area contributed by atoms with Crippen LogP contribution in [-0.2, 0) is 36.5 Å². The van der Waals surface area contributed by atoms with Crippen molar-refractivity contribution in [1.82, 2.24) is 0 Å². The van der Waals surface area contributed by atoms with E-state index >= 15 is 0 Å². The van der Waals surface area contributed by atoms with Gasteiger partial charge in [0.2, 0.25) is 0 Å². The maximum absolute atomic E-state index is 10.8. The van der Waals surface area contributed by atoms with Gasteiger partial charge in [0.25, 0.3) is 0 Å². The van der Waals surface area contributed by atoms with Gasteiger partial charge < -0.3 is 28.8 Å². The molecule has 0 radical (unpaired) electrons. The molecule has 0 bridgehead atoms. The lowest BCUT2D eigenvalue weighted by Crippen LogP contribution is -2.61. The molecule has 0 aliphatic carbocycles. The molecule has 1 aromatic rings. The third-order valence-corrected chi connectivity index (χ3v) is 6.44. The quantitative estimate of drug-likeness (QED) is 0.107. The normalized spacial score (nSPS) is 23.6. The molecule has 37 heavy (non-hydrogen) atoms. The maximum atomic E-state index is 10.8. The number of unbranched alkanes of at least 4 members (excludes halogenated alkanes) is 3. The van der Waals surface area contributed by atoms with Crippen molar-refractivity contribution in [3.05, 3.63) is 45.8 Å². The van der Waals surface area contributed by atoms with Crippen molar-refractivity contribution < 1.29 is 28.8 Å². The summed E-state index contributed by atoms with van der Waals surface area (Å²) >= 11 is 0. The number of benzene rings is 1. The minimum atomic E-state index is -1.10. The van der Waals surface area contributed by atoms with Crippen LogP contribution in [-0.4, -0.2) is 75.4 Å². The van der Waals surface area contributed by atoms with E-state index in [-0.39, 0.29) is 6.10 Å². The van der Waals surface area contributed by atoms with Gasteiger partial charge in [0.15, 0.2) is 6.29 Å². The summed E-state index contributed by atoms with van der Waals surface area (Å²) in [6, 6.07) is 8.25. The van der Waals surface area contributed by atoms with E-state index in [1.165, 1.54) is 0 Å². The van der Waals surface area contributed by atoms with Gasteiger partial charge in [-0.2, -0.15) is 0 Å². The van der Waals surface area contributed by atoms with E-state index in [0.717, 1.165) is 62.5 Å². The molecule has 210 valence electrons. The van der Waals surface area contributed by atoms with Crippen LogP contribution >= 0.6 is 0 Å². The van der Waals surface area contributed by atoms with Crippen LogP contribution < -0.4 is 0 Å². The summed E-state index contributed by atoms with van der Waals surface area (Å²) in [4.78, 5) is 2.79. The summed E-state index contributed by atoms with van der Waals surface area (Å²) in [6.45, 7) is 9.37. The molecule has 0 saturated carbocycles. The van der Waals surface area contributed by atoms with Crippen LogP contribution in [0.25, 0.3) is 10.4 Å². The highest BCUT2D eigenvalue weighted by atomic mass is 16.7. The number of rotatable bonds is 20. The first-order valence-electron chi connectivity index (χ1n) is 14.0. The Hall–Kier alpha value is -1.71. The van der Waals surface area contributed by atoms with Gasteiger partial charge in [-0.05, 0) is 48.8 Å². The van der Waals surface area contributed by atoms with Crippen LogP contribution in [0.5, 0.6) is 0 Å². The molecule has 0 aromatic heterocycles. The molecule has 1 aromatic carbocycles. The Kier molecular flexibility index (Phi) is 16.5. The lowest BCUT2D eigenvalue weighted by atomic mass is 9.98. The molecule has 2 rings (SSSR count). The Balaban J connectivity index is 1.97. The molecular weight excluding hydrogens is 474 g/mol. The fourth-order valence-electron chi connectivity index (χ4n) is 4.18. The molecule has 1 fully saturated rings.